The van der Waals surface area contributed by atoms with Crippen LogP contribution >= 0.6 is 0 Å². The van der Waals surface area contributed by atoms with Crippen molar-refractivity contribution in [2.75, 3.05) is 0 Å². The normalized spacial score (nSPS) is 22.7. The first-order valence-electron chi connectivity index (χ1n) is 6.12. The van der Waals surface area contributed by atoms with Crippen LogP contribution in [-0.2, 0) is 0 Å². The molecule has 0 saturated heterocycles. The molecule has 1 nitrogen and oxygen atoms in total. The van der Waals surface area contributed by atoms with Crippen molar-refractivity contribution in [1.29, 1.82) is 0 Å². The molecule has 2 aliphatic rings. The third-order valence-electron chi connectivity index (χ3n) is 3.77. The Hall–Kier alpha value is -0.980. The number of phenols is 1. The molecule has 15 heavy (non-hydrogen) atoms. The minimum atomic E-state index is 0.425. The highest BCUT2D eigenvalue weighted by Crippen LogP contribution is 2.49. The second-order valence-electron chi connectivity index (χ2n) is 5.22. The monoisotopic (exact) mass is 202 g/mol. The number of benzene rings is 1. The van der Waals surface area contributed by atoms with Crippen LogP contribution in [0.3, 0.4) is 0 Å². The molecule has 0 aliphatic heterocycles. The second-order valence-corrected chi connectivity index (χ2v) is 5.22. The topological polar surface area (TPSA) is 20.2 Å². The summed E-state index contributed by atoms with van der Waals surface area (Å²) in [5, 5.41) is 9.51. The summed E-state index contributed by atoms with van der Waals surface area (Å²) in [6.07, 6.45) is 7.01. The van der Waals surface area contributed by atoms with E-state index in [1.54, 1.807) is 6.07 Å². The zero-order valence-electron chi connectivity index (χ0n) is 9.02. The maximum atomic E-state index is 9.51. The Labute approximate surface area is 91.1 Å². The molecule has 2 aliphatic carbocycles. The molecule has 1 aromatic carbocycles. The molecule has 0 bridgehead atoms. The number of hydrogen-bond donors (Lipinski definition) is 1. The molecular formula is C14H18O. The van der Waals surface area contributed by atoms with Crippen LogP contribution in [0.25, 0.3) is 0 Å². The summed E-state index contributed by atoms with van der Waals surface area (Å²) in [5.41, 5.74) is 1.37. The molecule has 2 fully saturated rings. The Morgan fingerprint density at radius 1 is 1.20 bits per heavy atom. The smallest absolute Gasteiger partial charge is 0.115 e. The highest BCUT2D eigenvalue weighted by molar-refractivity contribution is 5.31. The minimum Gasteiger partial charge on any atom is -0.508 e. The van der Waals surface area contributed by atoms with Gasteiger partial charge < -0.3 is 5.11 Å². The summed E-state index contributed by atoms with van der Waals surface area (Å²) >= 11 is 0. The van der Waals surface area contributed by atoms with Gasteiger partial charge in [-0.05, 0) is 54.7 Å². The lowest BCUT2D eigenvalue weighted by atomic mass is 9.89. The first kappa shape index (κ1) is 9.26. The molecule has 0 aromatic heterocycles. The summed E-state index contributed by atoms with van der Waals surface area (Å²) in [6, 6.07) is 7.90. The average Bonchev–Trinajstić information content (AvgIpc) is 3.08. The summed E-state index contributed by atoms with van der Waals surface area (Å²) in [4.78, 5) is 0. The molecule has 0 radical (unpaired) electrons. The van der Waals surface area contributed by atoms with E-state index in [2.05, 4.69) is 6.07 Å². The van der Waals surface area contributed by atoms with E-state index in [-0.39, 0.29) is 0 Å². The number of hydrogen-bond acceptors (Lipinski definition) is 1. The van der Waals surface area contributed by atoms with Gasteiger partial charge in [0, 0.05) is 0 Å². The molecule has 1 N–H and O–H groups in total. The zero-order chi connectivity index (χ0) is 10.3. The van der Waals surface area contributed by atoms with Gasteiger partial charge in [-0.25, -0.2) is 0 Å². The van der Waals surface area contributed by atoms with E-state index in [0.29, 0.717) is 5.75 Å². The van der Waals surface area contributed by atoms with Gasteiger partial charge in [-0.2, -0.15) is 0 Å². The van der Waals surface area contributed by atoms with Gasteiger partial charge in [0.1, 0.15) is 5.75 Å². The van der Waals surface area contributed by atoms with Crippen molar-refractivity contribution in [3.05, 3.63) is 29.8 Å². The minimum absolute atomic E-state index is 0.425. The van der Waals surface area contributed by atoms with Gasteiger partial charge in [0.25, 0.3) is 0 Å². The average molecular weight is 202 g/mol. The summed E-state index contributed by atoms with van der Waals surface area (Å²) in [5.74, 6) is 3.05. The predicted octanol–water partition coefficient (Wildman–Crippen LogP) is 3.69. The van der Waals surface area contributed by atoms with Gasteiger partial charge in [-0.1, -0.05) is 25.0 Å². The Kier molecular flexibility index (Phi) is 2.19. The van der Waals surface area contributed by atoms with Crippen LogP contribution in [0.1, 0.15) is 43.6 Å². The lowest BCUT2D eigenvalue weighted by Gasteiger charge is -2.16. The fourth-order valence-corrected chi connectivity index (χ4v) is 2.57. The van der Waals surface area contributed by atoms with Gasteiger partial charge in [0.05, 0.1) is 0 Å². The van der Waals surface area contributed by atoms with E-state index in [4.69, 9.17) is 0 Å². The Bertz CT molecular complexity index is 350. The molecule has 0 spiro atoms. The third kappa shape index (κ3) is 2.17. The fraction of sp³-hybridized carbons (Fsp3) is 0.571. The molecular weight excluding hydrogens is 184 g/mol. The van der Waals surface area contributed by atoms with E-state index in [0.717, 1.165) is 17.8 Å². The van der Waals surface area contributed by atoms with Crippen molar-refractivity contribution in [3.63, 3.8) is 0 Å². The molecule has 1 atom stereocenters. The SMILES string of the molecule is Oc1cccc(C(CC2CC2)C2CC2)c1. The van der Waals surface area contributed by atoms with Crippen LogP contribution in [0.4, 0.5) is 0 Å². The van der Waals surface area contributed by atoms with Crippen molar-refractivity contribution in [1.82, 2.24) is 0 Å². The summed E-state index contributed by atoms with van der Waals surface area (Å²) < 4.78 is 0. The molecule has 2 saturated carbocycles. The fourth-order valence-electron chi connectivity index (χ4n) is 2.57. The predicted molar refractivity (Wildman–Crippen MR) is 60.9 cm³/mol. The number of phenolic OH excluding ortho intramolecular Hbond substituents is 1. The standard InChI is InChI=1S/C14H18O/c15-13-3-1-2-12(9-13)14(11-6-7-11)8-10-4-5-10/h1-3,9-11,14-15H,4-8H2. The molecule has 1 aromatic rings. The lowest BCUT2D eigenvalue weighted by molar-refractivity contribution is 0.469. The van der Waals surface area contributed by atoms with E-state index in [1.165, 1.54) is 37.7 Å². The Morgan fingerprint density at radius 3 is 2.60 bits per heavy atom. The van der Waals surface area contributed by atoms with Crippen molar-refractivity contribution >= 4 is 0 Å². The maximum Gasteiger partial charge on any atom is 0.115 e. The van der Waals surface area contributed by atoms with Crippen molar-refractivity contribution in [2.24, 2.45) is 11.8 Å². The van der Waals surface area contributed by atoms with Gasteiger partial charge in [0.2, 0.25) is 0 Å². The molecule has 3 rings (SSSR count). The zero-order valence-corrected chi connectivity index (χ0v) is 9.02. The van der Waals surface area contributed by atoms with Crippen LogP contribution in [0.2, 0.25) is 0 Å². The van der Waals surface area contributed by atoms with Crippen molar-refractivity contribution in [3.8, 4) is 5.75 Å². The van der Waals surface area contributed by atoms with Gasteiger partial charge in [-0.3, -0.25) is 0 Å². The van der Waals surface area contributed by atoms with Gasteiger partial charge in [0.15, 0.2) is 0 Å². The Balaban J connectivity index is 1.80. The van der Waals surface area contributed by atoms with Gasteiger partial charge in [-0.15, -0.1) is 0 Å². The largest absolute Gasteiger partial charge is 0.508 e. The molecule has 0 amide bonds. The van der Waals surface area contributed by atoms with Crippen molar-refractivity contribution in [2.45, 2.75) is 38.0 Å². The van der Waals surface area contributed by atoms with Gasteiger partial charge >= 0.3 is 0 Å². The molecule has 1 unspecified atom stereocenters. The lowest BCUT2D eigenvalue weighted by Crippen LogP contribution is -2.02. The highest BCUT2D eigenvalue weighted by Gasteiger charge is 2.36. The molecule has 80 valence electrons. The first-order chi connectivity index (χ1) is 7.33. The maximum absolute atomic E-state index is 9.51. The van der Waals surface area contributed by atoms with E-state index in [9.17, 15) is 5.11 Å². The van der Waals surface area contributed by atoms with E-state index in [1.807, 2.05) is 12.1 Å². The second kappa shape index (κ2) is 3.55. The van der Waals surface area contributed by atoms with Crippen LogP contribution in [0.5, 0.6) is 5.75 Å². The number of aromatic hydroxyl groups is 1. The van der Waals surface area contributed by atoms with E-state index >= 15 is 0 Å². The quantitative estimate of drug-likeness (QED) is 0.789. The number of rotatable bonds is 4. The molecule has 1 heteroatoms. The molecule has 0 heterocycles. The van der Waals surface area contributed by atoms with Crippen LogP contribution < -0.4 is 0 Å². The van der Waals surface area contributed by atoms with Crippen LogP contribution in [0, 0.1) is 11.8 Å². The van der Waals surface area contributed by atoms with E-state index < -0.39 is 0 Å². The van der Waals surface area contributed by atoms with Crippen LogP contribution in [0.15, 0.2) is 24.3 Å². The van der Waals surface area contributed by atoms with Crippen LogP contribution in [-0.4, -0.2) is 5.11 Å². The van der Waals surface area contributed by atoms with Crippen molar-refractivity contribution < 1.29 is 5.11 Å². The Morgan fingerprint density at radius 2 is 2.00 bits per heavy atom. The highest BCUT2D eigenvalue weighted by atomic mass is 16.3. The first-order valence-corrected chi connectivity index (χ1v) is 6.12. The summed E-state index contributed by atoms with van der Waals surface area (Å²) in [7, 11) is 0. The summed E-state index contributed by atoms with van der Waals surface area (Å²) in [6.45, 7) is 0. The third-order valence-corrected chi connectivity index (χ3v) is 3.77.